The highest BCUT2D eigenvalue weighted by atomic mass is 16.4. The van der Waals surface area contributed by atoms with E-state index >= 15 is 0 Å². The molecule has 1 aliphatic heterocycles. The summed E-state index contributed by atoms with van der Waals surface area (Å²) >= 11 is 0. The van der Waals surface area contributed by atoms with Crippen molar-refractivity contribution >= 4 is 40.7 Å². The maximum Gasteiger partial charge on any atom is 0.305 e. The molecule has 1 aromatic carbocycles. The number of fused-ring (bicyclic) bond motifs is 1. The van der Waals surface area contributed by atoms with Crippen LogP contribution in [0.2, 0.25) is 0 Å². The molecule has 1 fully saturated rings. The molecular formula is C26H34N4O6. The van der Waals surface area contributed by atoms with Crippen LogP contribution in [0.1, 0.15) is 51.5 Å². The lowest BCUT2D eigenvalue weighted by molar-refractivity contribution is -0.142. The number of aliphatic carboxylic acids is 1. The molecule has 4 atom stereocenters. The van der Waals surface area contributed by atoms with Gasteiger partial charge in [-0.1, -0.05) is 52.5 Å². The third kappa shape index (κ3) is 6.44. The van der Waals surface area contributed by atoms with E-state index in [0.717, 1.165) is 5.39 Å². The number of carbonyl (C=O) groups excluding carboxylic acids is 4. The van der Waals surface area contributed by atoms with Crippen LogP contribution in [0.25, 0.3) is 10.8 Å². The van der Waals surface area contributed by atoms with Crippen molar-refractivity contribution in [2.45, 2.75) is 59.2 Å². The Morgan fingerprint density at radius 1 is 1.17 bits per heavy atom. The van der Waals surface area contributed by atoms with E-state index < -0.39 is 48.2 Å². The van der Waals surface area contributed by atoms with Gasteiger partial charge >= 0.3 is 5.97 Å². The molecule has 2 aromatic rings. The predicted molar refractivity (Wildman–Crippen MR) is 134 cm³/mol. The van der Waals surface area contributed by atoms with E-state index in [9.17, 15) is 24.0 Å². The second kappa shape index (κ2) is 12.2. The van der Waals surface area contributed by atoms with Crippen LogP contribution in [0.3, 0.4) is 0 Å². The molecule has 0 aliphatic carbocycles. The number of aldehydes is 1. The van der Waals surface area contributed by atoms with Gasteiger partial charge in [0.15, 0.2) is 0 Å². The van der Waals surface area contributed by atoms with Crippen LogP contribution in [0.4, 0.5) is 0 Å². The van der Waals surface area contributed by atoms with Crippen LogP contribution >= 0.6 is 0 Å². The molecule has 0 spiro atoms. The second-order valence-electron chi connectivity index (χ2n) is 9.27. The Morgan fingerprint density at radius 3 is 2.50 bits per heavy atom. The van der Waals surface area contributed by atoms with Gasteiger partial charge in [-0.05, 0) is 29.7 Å². The first kappa shape index (κ1) is 28.4. The van der Waals surface area contributed by atoms with Crippen LogP contribution in [0.15, 0.2) is 36.5 Å². The molecule has 0 saturated carbocycles. The topological polar surface area (TPSA) is 146 Å². The zero-order valence-electron chi connectivity index (χ0n) is 19.9. The van der Waals surface area contributed by atoms with Crippen LogP contribution < -0.4 is 10.6 Å². The van der Waals surface area contributed by atoms with Crippen molar-refractivity contribution < 1.29 is 29.1 Å². The van der Waals surface area contributed by atoms with Gasteiger partial charge in [-0.25, -0.2) is 0 Å². The summed E-state index contributed by atoms with van der Waals surface area (Å²) in [4.78, 5) is 67.4. The number of carboxylic acid groups (broad SMARTS) is 1. The summed E-state index contributed by atoms with van der Waals surface area (Å²) in [5, 5.41) is 15.7. The first-order chi connectivity index (χ1) is 16.6. The number of carboxylic acids is 1. The number of amides is 3. The maximum atomic E-state index is 13.6. The molecule has 1 aromatic heterocycles. The van der Waals surface area contributed by atoms with Crippen LogP contribution in [-0.2, 0) is 19.2 Å². The number of carbonyl (C=O) groups is 5. The van der Waals surface area contributed by atoms with E-state index in [1.807, 2.05) is 19.1 Å². The molecule has 194 valence electrons. The molecule has 10 heteroatoms. The van der Waals surface area contributed by atoms with E-state index in [0.29, 0.717) is 24.6 Å². The van der Waals surface area contributed by atoms with Gasteiger partial charge in [0, 0.05) is 18.1 Å². The Hall–Kier alpha value is -3.82. The Morgan fingerprint density at radius 2 is 1.86 bits per heavy atom. The Kier molecular flexibility index (Phi) is 9.66. The van der Waals surface area contributed by atoms with Gasteiger partial charge in [0.1, 0.15) is 24.1 Å². The maximum absolute atomic E-state index is 13.6. The van der Waals surface area contributed by atoms with Gasteiger partial charge in [-0.3, -0.25) is 24.2 Å². The third-order valence-corrected chi connectivity index (χ3v) is 6.09. The van der Waals surface area contributed by atoms with Gasteiger partial charge in [0.2, 0.25) is 11.8 Å². The Bertz CT molecular complexity index is 1130. The average molecular weight is 499 g/mol. The van der Waals surface area contributed by atoms with Gasteiger partial charge in [-0.2, -0.15) is 0 Å². The number of rotatable bonds is 9. The summed E-state index contributed by atoms with van der Waals surface area (Å²) in [6, 6.07) is 6.13. The summed E-state index contributed by atoms with van der Waals surface area (Å²) in [6.07, 6.45) is 1.71. The van der Waals surface area contributed by atoms with E-state index in [1.165, 1.54) is 11.1 Å². The zero-order chi connectivity index (χ0) is 25.7. The van der Waals surface area contributed by atoms with E-state index in [1.54, 1.807) is 32.0 Å². The number of nitrogens with one attached hydrogen (secondary N) is 2. The molecule has 1 aliphatic rings. The molecule has 0 radical (unpaired) electrons. The number of hydrogen-bond acceptors (Lipinski definition) is 6. The molecule has 2 heterocycles. The van der Waals surface area contributed by atoms with Gasteiger partial charge in [-0.15, -0.1) is 0 Å². The van der Waals surface area contributed by atoms with E-state index in [2.05, 4.69) is 15.6 Å². The summed E-state index contributed by atoms with van der Waals surface area (Å²) in [6.45, 7) is 5.78. The summed E-state index contributed by atoms with van der Waals surface area (Å²) in [5.74, 6) is -3.00. The van der Waals surface area contributed by atoms with Crippen LogP contribution in [0, 0.1) is 11.8 Å². The van der Waals surface area contributed by atoms with Gasteiger partial charge < -0.3 is 25.4 Å². The minimum atomic E-state index is -1.22. The van der Waals surface area contributed by atoms with Gasteiger partial charge in [0.25, 0.3) is 5.91 Å². The SMILES string of the molecule is C.CC(C)[C@H](NC(=O)c1nccc2ccccc12)C(=O)N1C[C@H](C)C[C@H]1C(=O)N[C@H](C=O)CC(=O)O. The quantitative estimate of drug-likeness (QED) is 0.448. The van der Waals surface area contributed by atoms with E-state index in [-0.39, 0.29) is 25.0 Å². The fourth-order valence-electron chi connectivity index (χ4n) is 4.34. The monoisotopic (exact) mass is 498 g/mol. The van der Waals surface area contributed by atoms with Crippen molar-refractivity contribution in [2.75, 3.05) is 6.54 Å². The third-order valence-electron chi connectivity index (χ3n) is 6.09. The summed E-state index contributed by atoms with van der Waals surface area (Å²) in [5.41, 5.74) is 0.202. The lowest BCUT2D eigenvalue weighted by Gasteiger charge is -2.31. The Balaban J connectivity index is 0.00000456. The highest BCUT2D eigenvalue weighted by molar-refractivity contribution is 6.06. The minimum Gasteiger partial charge on any atom is -0.481 e. The molecule has 36 heavy (non-hydrogen) atoms. The molecular weight excluding hydrogens is 464 g/mol. The number of aromatic nitrogens is 1. The fraction of sp³-hybridized carbons (Fsp3) is 0.462. The van der Waals surface area contributed by atoms with Crippen LogP contribution in [0.5, 0.6) is 0 Å². The predicted octanol–water partition coefficient (Wildman–Crippen LogP) is 2.02. The number of pyridine rings is 1. The molecule has 0 unspecified atom stereocenters. The standard InChI is InChI=1S/C25H30N4O6.CH4/c1-14(2)21(28-24(34)22-18-7-5-4-6-16(18)8-9-26-22)25(35)29-12-15(3)10-19(29)23(33)27-17(13-30)11-20(31)32;/h4-9,13-15,17,19,21H,10-12H2,1-3H3,(H,27,33)(H,28,34)(H,31,32);1H4/t15-,17+,19+,21+;/m1./s1. The second-order valence-corrected chi connectivity index (χ2v) is 9.27. The number of nitrogens with zero attached hydrogens (tertiary/aromatic N) is 2. The highest BCUT2D eigenvalue weighted by Gasteiger charge is 2.42. The van der Waals surface area contributed by atoms with Crippen molar-refractivity contribution in [3.8, 4) is 0 Å². The first-order valence-corrected chi connectivity index (χ1v) is 11.5. The largest absolute Gasteiger partial charge is 0.481 e. The fourth-order valence-corrected chi connectivity index (χ4v) is 4.34. The lowest BCUT2D eigenvalue weighted by atomic mass is 10.0. The lowest BCUT2D eigenvalue weighted by Crippen LogP contribution is -2.56. The highest BCUT2D eigenvalue weighted by Crippen LogP contribution is 2.25. The smallest absolute Gasteiger partial charge is 0.305 e. The molecule has 10 nitrogen and oxygen atoms in total. The number of hydrogen-bond donors (Lipinski definition) is 3. The Labute approximate surface area is 210 Å². The van der Waals surface area contributed by atoms with E-state index in [4.69, 9.17) is 5.11 Å². The molecule has 3 amide bonds. The number of benzene rings is 1. The summed E-state index contributed by atoms with van der Waals surface area (Å²) < 4.78 is 0. The first-order valence-electron chi connectivity index (χ1n) is 11.5. The molecule has 3 rings (SSSR count). The van der Waals surface area contributed by atoms with Crippen LogP contribution in [-0.4, -0.2) is 69.6 Å². The average Bonchev–Trinajstić information content (AvgIpc) is 3.22. The number of likely N-dealkylation sites (tertiary alicyclic amines) is 1. The molecule has 0 bridgehead atoms. The van der Waals surface area contributed by atoms with Gasteiger partial charge in [0.05, 0.1) is 12.5 Å². The van der Waals surface area contributed by atoms with Crippen molar-refractivity contribution in [2.24, 2.45) is 11.8 Å². The van der Waals surface area contributed by atoms with Crippen molar-refractivity contribution in [1.29, 1.82) is 0 Å². The van der Waals surface area contributed by atoms with Crippen molar-refractivity contribution in [1.82, 2.24) is 20.5 Å². The zero-order valence-corrected chi connectivity index (χ0v) is 19.9. The normalized spacial score (nSPS) is 18.7. The van der Waals surface area contributed by atoms with Crippen molar-refractivity contribution in [3.63, 3.8) is 0 Å². The van der Waals surface area contributed by atoms with Crippen molar-refractivity contribution in [3.05, 3.63) is 42.2 Å². The molecule has 3 N–H and O–H groups in total. The summed E-state index contributed by atoms with van der Waals surface area (Å²) in [7, 11) is 0. The molecule has 1 saturated heterocycles. The minimum absolute atomic E-state index is 0.